The summed E-state index contributed by atoms with van der Waals surface area (Å²) in [7, 11) is 0. The van der Waals surface area contributed by atoms with Gasteiger partial charge in [0, 0.05) is 5.57 Å². The third kappa shape index (κ3) is 6.66. The molecular weight excluding hydrogens is 228 g/mol. The number of hydrogen-bond acceptors (Lipinski definition) is 3. The van der Waals surface area contributed by atoms with Crippen LogP contribution in [-0.2, 0) is 14.3 Å². The minimum Gasteiger partial charge on any atom is -0.432 e. The summed E-state index contributed by atoms with van der Waals surface area (Å²) in [4.78, 5) is 11.0. The predicted molar refractivity (Wildman–Crippen MR) is 70.8 cm³/mol. The number of rotatable bonds is 4. The molecule has 96 valence electrons. The van der Waals surface area contributed by atoms with Crippen LogP contribution < -0.4 is 0 Å². The molecule has 0 aromatic heterocycles. The molecule has 0 radical (unpaired) electrons. The average Bonchev–Trinajstić information content (AvgIpc) is 3.23. The van der Waals surface area contributed by atoms with Gasteiger partial charge in [-0.05, 0) is 13.3 Å². The van der Waals surface area contributed by atoms with Crippen molar-refractivity contribution >= 4 is 5.97 Å². The standard InChI is InChI=1S/C9H12O3.C6H6/c1-3-11-9(10)7(2)4-5-8-6-12-8;1-2-4-6-5-3-1/h3-4,8H,1,5-6H2,2H3;1-6H. The molecule has 1 aliphatic rings. The summed E-state index contributed by atoms with van der Waals surface area (Å²) in [5, 5.41) is 0. The van der Waals surface area contributed by atoms with Crippen LogP contribution >= 0.6 is 0 Å². The van der Waals surface area contributed by atoms with E-state index in [1.165, 1.54) is 0 Å². The first-order valence-corrected chi connectivity index (χ1v) is 5.84. The zero-order valence-electron chi connectivity index (χ0n) is 10.5. The fourth-order valence-electron chi connectivity index (χ4n) is 1.15. The van der Waals surface area contributed by atoms with E-state index in [0.29, 0.717) is 11.7 Å². The van der Waals surface area contributed by atoms with Gasteiger partial charge in [-0.3, -0.25) is 0 Å². The summed E-state index contributed by atoms with van der Waals surface area (Å²) in [6.45, 7) is 5.82. The van der Waals surface area contributed by atoms with Gasteiger partial charge in [-0.25, -0.2) is 4.79 Å². The highest BCUT2D eigenvalue weighted by Gasteiger charge is 2.20. The molecule has 3 nitrogen and oxygen atoms in total. The van der Waals surface area contributed by atoms with Crippen molar-refractivity contribution in [2.24, 2.45) is 0 Å². The maximum absolute atomic E-state index is 11.0. The first kappa shape index (κ1) is 14.2. The second-order valence-electron chi connectivity index (χ2n) is 3.80. The van der Waals surface area contributed by atoms with Crippen LogP contribution in [0, 0.1) is 0 Å². The topological polar surface area (TPSA) is 38.8 Å². The molecule has 1 aromatic carbocycles. The summed E-state index contributed by atoms with van der Waals surface area (Å²) in [6, 6.07) is 12.0. The van der Waals surface area contributed by atoms with Gasteiger partial charge in [-0.2, -0.15) is 0 Å². The van der Waals surface area contributed by atoms with E-state index >= 15 is 0 Å². The van der Waals surface area contributed by atoms with Crippen LogP contribution in [0.1, 0.15) is 13.3 Å². The van der Waals surface area contributed by atoms with E-state index in [1.54, 1.807) is 6.92 Å². The Morgan fingerprint density at radius 1 is 1.33 bits per heavy atom. The van der Waals surface area contributed by atoms with Crippen molar-refractivity contribution in [1.29, 1.82) is 0 Å². The maximum Gasteiger partial charge on any atom is 0.338 e. The molecule has 1 atom stereocenters. The molecule has 1 heterocycles. The van der Waals surface area contributed by atoms with E-state index in [1.807, 2.05) is 42.5 Å². The lowest BCUT2D eigenvalue weighted by Gasteiger charge is -1.97. The van der Waals surface area contributed by atoms with Crippen molar-refractivity contribution in [2.45, 2.75) is 19.4 Å². The fraction of sp³-hybridized carbons (Fsp3) is 0.267. The Morgan fingerprint density at radius 2 is 1.83 bits per heavy atom. The number of esters is 1. The lowest BCUT2D eigenvalue weighted by Crippen LogP contribution is -2.00. The zero-order valence-corrected chi connectivity index (χ0v) is 10.5. The first-order valence-electron chi connectivity index (χ1n) is 5.84. The van der Waals surface area contributed by atoms with Crippen LogP contribution in [0.3, 0.4) is 0 Å². The van der Waals surface area contributed by atoms with Crippen molar-refractivity contribution in [1.82, 2.24) is 0 Å². The maximum atomic E-state index is 11.0. The number of epoxide rings is 1. The van der Waals surface area contributed by atoms with Crippen LogP contribution in [0.15, 0.2) is 60.9 Å². The van der Waals surface area contributed by atoms with Gasteiger partial charge in [0.1, 0.15) is 0 Å². The van der Waals surface area contributed by atoms with Gasteiger partial charge in [0.2, 0.25) is 0 Å². The first-order chi connectivity index (χ1) is 8.74. The number of benzene rings is 1. The highest BCUT2D eigenvalue weighted by molar-refractivity contribution is 5.88. The van der Waals surface area contributed by atoms with Crippen LogP contribution in [0.2, 0.25) is 0 Å². The van der Waals surface area contributed by atoms with E-state index in [0.717, 1.165) is 19.3 Å². The Labute approximate surface area is 108 Å². The van der Waals surface area contributed by atoms with E-state index in [9.17, 15) is 4.79 Å². The van der Waals surface area contributed by atoms with Gasteiger partial charge in [-0.1, -0.05) is 49.1 Å². The molecule has 0 saturated carbocycles. The second kappa shape index (κ2) is 8.25. The van der Waals surface area contributed by atoms with Gasteiger partial charge in [0.25, 0.3) is 0 Å². The molecular formula is C15H18O3. The number of carbonyl (C=O) groups excluding carboxylic acids is 1. The van der Waals surface area contributed by atoms with Gasteiger partial charge in [0.05, 0.1) is 19.0 Å². The quantitative estimate of drug-likeness (QED) is 0.354. The second-order valence-corrected chi connectivity index (χ2v) is 3.80. The minimum absolute atomic E-state index is 0.316. The molecule has 2 rings (SSSR count). The highest BCUT2D eigenvalue weighted by Crippen LogP contribution is 2.15. The molecule has 1 fully saturated rings. The normalized spacial score (nSPS) is 17.2. The van der Waals surface area contributed by atoms with Crippen LogP contribution in [0.25, 0.3) is 0 Å². The third-order valence-electron chi connectivity index (χ3n) is 2.27. The van der Waals surface area contributed by atoms with Crippen molar-refractivity contribution < 1.29 is 14.3 Å². The van der Waals surface area contributed by atoms with E-state index in [-0.39, 0.29) is 5.97 Å². The third-order valence-corrected chi connectivity index (χ3v) is 2.27. The molecule has 0 amide bonds. The largest absolute Gasteiger partial charge is 0.432 e. The van der Waals surface area contributed by atoms with E-state index in [2.05, 4.69) is 11.3 Å². The molecule has 3 heteroatoms. The predicted octanol–water partition coefficient (Wildman–Crippen LogP) is 3.09. The molecule has 0 N–H and O–H groups in total. The Bertz CT molecular complexity index is 365. The summed E-state index contributed by atoms with van der Waals surface area (Å²) >= 11 is 0. The summed E-state index contributed by atoms with van der Waals surface area (Å²) in [5.41, 5.74) is 0.602. The van der Waals surface area contributed by atoms with Crippen molar-refractivity contribution in [3.05, 3.63) is 60.9 Å². The SMILES string of the molecule is C=COC(=O)C(C)=CCC1CO1.c1ccccc1. The van der Waals surface area contributed by atoms with E-state index < -0.39 is 0 Å². The Hall–Kier alpha value is -1.87. The van der Waals surface area contributed by atoms with Gasteiger partial charge in [-0.15, -0.1) is 0 Å². The highest BCUT2D eigenvalue weighted by atomic mass is 16.6. The molecule has 0 bridgehead atoms. The number of hydrogen-bond donors (Lipinski definition) is 0. The molecule has 1 saturated heterocycles. The summed E-state index contributed by atoms with van der Waals surface area (Å²) < 4.78 is 9.55. The van der Waals surface area contributed by atoms with Gasteiger partial charge in [0.15, 0.2) is 0 Å². The molecule has 18 heavy (non-hydrogen) atoms. The van der Waals surface area contributed by atoms with Gasteiger partial charge < -0.3 is 9.47 Å². The molecule has 1 unspecified atom stereocenters. The zero-order chi connectivity index (χ0) is 13.2. The minimum atomic E-state index is -0.342. The monoisotopic (exact) mass is 246 g/mol. The Kier molecular flexibility index (Phi) is 6.51. The molecule has 0 aliphatic carbocycles. The van der Waals surface area contributed by atoms with Crippen molar-refractivity contribution in [3.8, 4) is 0 Å². The lowest BCUT2D eigenvalue weighted by molar-refractivity contribution is -0.133. The van der Waals surface area contributed by atoms with Crippen molar-refractivity contribution in [3.63, 3.8) is 0 Å². The van der Waals surface area contributed by atoms with Crippen LogP contribution in [-0.4, -0.2) is 18.7 Å². The molecule has 1 aromatic rings. The molecule has 0 spiro atoms. The lowest BCUT2D eigenvalue weighted by atomic mass is 10.2. The summed E-state index contributed by atoms with van der Waals surface area (Å²) in [5.74, 6) is -0.342. The van der Waals surface area contributed by atoms with Crippen LogP contribution in [0.5, 0.6) is 0 Å². The summed E-state index contributed by atoms with van der Waals surface area (Å²) in [6.07, 6.45) is 4.06. The number of ether oxygens (including phenoxy) is 2. The Balaban J connectivity index is 0.000000225. The fourth-order valence-corrected chi connectivity index (χ4v) is 1.15. The van der Waals surface area contributed by atoms with Gasteiger partial charge >= 0.3 is 5.97 Å². The van der Waals surface area contributed by atoms with Crippen LogP contribution in [0.4, 0.5) is 0 Å². The molecule has 1 aliphatic heterocycles. The smallest absolute Gasteiger partial charge is 0.338 e. The average molecular weight is 246 g/mol. The van der Waals surface area contributed by atoms with E-state index in [4.69, 9.17) is 4.74 Å². The Morgan fingerprint density at radius 3 is 2.22 bits per heavy atom. The van der Waals surface area contributed by atoms with Crippen molar-refractivity contribution in [2.75, 3.05) is 6.61 Å². The number of carbonyl (C=O) groups is 1.